The second-order valence-electron chi connectivity index (χ2n) is 6.88. The second-order valence-corrected chi connectivity index (χ2v) is 6.88. The second kappa shape index (κ2) is 9.43. The molecule has 0 aliphatic heterocycles. The number of anilines is 2. The molecule has 152 valence electrons. The molecule has 0 saturated heterocycles. The highest BCUT2D eigenvalue weighted by atomic mass is 35.5. The van der Waals surface area contributed by atoms with E-state index in [9.17, 15) is 4.79 Å². The number of aryl methyl sites for hydroxylation is 1. The summed E-state index contributed by atoms with van der Waals surface area (Å²) in [5.41, 5.74) is 8.31. The van der Waals surface area contributed by atoms with Crippen LogP contribution in [-0.2, 0) is 17.8 Å². The molecule has 2 aromatic carbocycles. The quantitative estimate of drug-likeness (QED) is 0.538. The number of ether oxygens (including phenoxy) is 1. The Morgan fingerprint density at radius 1 is 1.17 bits per heavy atom. The van der Waals surface area contributed by atoms with Gasteiger partial charge in [-0.3, -0.25) is 4.79 Å². The predicted molar refractivity (Wildman–Crippen MR) is 112 cm³/mol. The molecular weight excluding hydrogens is 392 g/mol. The SMILES string of the molecule is Cl.Nc1ccccc1CCC(=O)Nc1ccc(OCc2noc(C3CC3)n2)cc1. The monoisotopic (exact) mass is 414 g/mol. The number of para-hydroxylation sites is 1. The number of amides is 1. The summed E-state index contributed by atoms with van der Waals surface area (Å²) in [6.45, 7) is 0.250. The van der Waals surface area contributed by atoms with Crippen molar-refractivity contribution in [2.24, 2.45) is 0 Å². The van der Waals surface area contributed by atoms with E-state index in [0.717, 1.165) is 18.4 Å². The van der Waals surface area contributed by atoms with Crippen LogP contribution in [0.1, 0.15) is 42.5 Å². The van der Waals surface area contributed by atoms with Crippen LogP contribution in [0.4, 0.5) is 11.4 Å². The molecule has 29 heavy (non-hydrogen) atoms. The summed E-state index contributed by atoms with van der Waals surface area (Å²) in [6, 6.07) is 14.8. The van der Waals surface area contributed by atoms with Crippen molar-refractivity contribution in [1.82, 2.24) is 10.1 Å². The van der Waals surface area contributed by atoms with Crippen LogP contribution in [-0.4, -0.2) is 16.0 Å². The van der Waals surface area contributed by atoms with Crippen molar-refractivity contribution in [1.29, 1.82) is 0 Å². The van der Waals surface area contributed by atoms with E-state index in [1.165, 1.54) is 0 Å². The number of nitrogens with two attached hydrogens (primary N) is 1. The third-order valence-corrected chi connectivity index (χ3v) is 4.59. The minimum atomic E-state index is -0.0590. The molecule has 0 atom stereocenters. The van der Waals surface area contributed by atoms with Crippen molar-refractivity contribution in [2.75, 3.05) is 11.1 Å². The molecule has 1 heterocycles. The standard InChI is InChI=1S/C21H22N4O3.ClH/c22-18-4-2-1-3-14(18)7-12-20(26)23-16-8-10-17(11-9-16)27-13-19-24-21(28-25-19)15-5-6-15;/h1-4,8-11,15H,5-7,12-13,22H2,(H,23,26);1H. The first kappa shape index (κ1) is 20.7. The zero-order valence-electron chi connectivity index (χ0n) is 15.8. The Balaban J connectivity index is 0.00000240. The van der Waals surface area contributed by atoms with Crippen molar-refractivity contribution in [3.63, 3.8) is 0 Å². The zero-order chi connectivity index (χ0) is 19.3. The number of hydrogen-bond donors (Lipinski definition) is 2. The Hall–Kier alpha value is -3.06. The normalized spacial score (nSPS) is 12.8. The van der Waals surface area contributed by atoms with E-state index >= 15 is 0 Å². The summed E-state index contributed by atoms with van der Waals surface area (Å²) in [6.07, 6.45) is 3.21. The Kier molecular flexibility index (Phi) is 6.72. The van der Waals surface area contributed by atoms with Crippen LogP contribution in [0.2, 0.25) is 0 Å². The minimum Gasteiger partial charge on any atom is -0.485 e. The minimum absolute atomic E-state index is 0. The van der Waals surface area contributed by atoms with Gasteiger partial charge in [-0.15, -0.1) is 12.4 Å². The fourth-order valence-corrected chi connectivity index (χ4v) is 2.84. The number of hydrogen-bond acceptors (Lipinski definition) is 6. The predicted octanol–water partition coefficient (Wildman–Crippen LogP) is 4.10. The van der Waals surface area contributed by atoms with Gasteiger partial charge in [-0.25, -0.2) is 0 Å². The molecule has 3 N–H and O–H groups in total. The molecule has 3 aromatic rings. The van der Waals surface area contributed by atoms with E-state index in [4.69, 9.17) is 15.0 Å². The fourth-order valence-electron chi connectivity index (χ4n) is 2.84. The molecule has 8 heteroatoms. The van der Waals surface area contributed by atoms with Gasteiger partial charge in [0.05, 0.1) is 0 Å². The number of rotatable bonds is 8. The van der Waals surface area contributed by atoms with Crippen molar-refractivity contribution in [3.8, 4) is 5.75 Å². The summed E-state index contributed by atoms with van der Waals surface area (Å²) >= 11 is 0. The maximum Gasteiger partial charge on any atom is 0.229 e. The lowest BCUT2D eigenvalue weighted by molar-refractivity contribution is -0.116. The lowest BCUT2D eigenvalue weighted by atomic mass is 10.1. The van der Waals surface area contributed by atoms with Crippen LogP contribution in [0.25, 0.3) is 0 Å². The maximum absolute atomic E-state index is 12.1. The first-order valence-electron chi connectivity index (χ1n) is 9.36. The molecule has 1 aliphatic rings. The highest BCUT2D eigenvalue weighted by molar-refractivity contribution is 5.91. The molecule has 4 rings (SSSR count). The Bertz CT molecular complexity index is 955. The average Bonchev–Trinajstić information content (AvgIpc) is 3.45. The van der Waals surface area contributed by atoms with E-state index in [1.807, 2.05) is 24.3 Å². The van der Waals surface area contributed by atoms with E-state index in [0.29, 0.717) is 47.6 Å². The Labute approximate surface area is 175 Å². The van der Waals surface area contributed by atoms with Gasteiger partial charge >= 0.3 is 0 Å². The van der Waals surface area contributed by atoms with Gasteiger partial charge in [0, 0.05) is 23.7 Å². The van der Waals surface area contributed by atoms with Crippen molar-refractivity contribution in [2.45, 2.75) is 38.2 Å². The third-order valence-electron chi connectivity index (χ3n) is 4.59. The molecular formula is C21H23ClN4O3. The lowest BCUT2D eigenvalue weighted by Gasteiger charge is -2.08. The Morgan fingerprint density at radius 3 is 2.66 bits per heavy atom. The molecule has 1 fully saturated rings. The highest BCUT2D eigenvalue weighted by Gasteiger charge is 2.29. The van der Waals surface area contributed by atoms with Gasteiger partial charge in [0.2, 0.25) is 17.6 Å². The zero-order valence-corrected chi connectivity index (χ0v) is 16.7. The molecule has 7 nitrogen and oxygen atoms in total. The van der Waals surface area contributed by atoms with E-state index in [-0.39, 0.29) is 24.9 Å². The topological polar surface area (TPSA) is 103 Å². The van der Waals surface area contributed by atoms with Crippen LogP contribution in [0.3, 0.4) is 0 Å². The van der Waals surface area contributed by atoms with Gasteiger partial charge < -0.3 is 20.3 Å². The summed E-state index contributed by atoms with van der Waals surface area (Å²) < 4.78 is 10.9. The van der Waals surface area contributed by atoms with Crippen LogP contribution < -0.4 is 15.8 Å². The van der Waals surface area contributed by atoms with E-state index in [1.54, 1.807) is 24.3 Å². The highest BCUT2D eigenvalue weighted by Crippen LogP contribution is 2.38. The van der Waals surface area contributed by atoms with E-state index < -0.39 is 0 Å². The summed E-state index contributed by atoms with van der Waals surface area (Å²) in [5.74, 6) is 2.29. The van der Waals surface area contributed by atoms with Crippen LogP contribution in [0.5, 0.6) is 5.75 Å². The van der Waals surface area contributed by atoms with E-state index in [2.05, 4.69) is 15.5 Å². The number of carbonyl (C=O) groups is 1. The first-order valence-corrected chi connectivity index (χ1v) is 9.36. The molecule has 0 spiro atoms. The number of nitrogens with one attached hydrogen (secondary N) is 1. The first-order chi connectivity index (χ1) is 13.7. The molecule has 0 unspecified atom stereocenters. The van der Waals surface area contributed by atoms with Crippen molar-refractivity contribution >= 4 is 29.7 Å². The van der Waals surface area contributed by atoms with Gasteiger partial charge in [-0.1, -0.05) is 23.4 Å². The van der Waals surface area contributed by atoms with Crippen LogP contribution in [0.15, 0.2) is 53.1 Å². The van der Waals surface area contributed by atoms with Gasteiger partial charge in [-0.2, -0.15) is 4.98 Å². The number of benzene rings is 2. The number of carbonyl (C=O) groups excluding carboxylic acids is 1. The summed E-state index contributed by atoms with van der Waals surface area (Å²) in [5, 5.41) is 6.80. The summed E-state index contributed by atoms with van der Waals surface area (Å²) in [7, 11) is 0. The average molecular weight is 415 g/mol. The fraction of sp³-hybridized carbons (Fsp3) is 0.286. The van der Waals surface area contributed by atoms with Gasteiger partial charge in [0.25, 0.3) is 0 Å². The molecule has 0 bridgehead atoms. The molecule has 1 aromatic heterocycles. The van der Waals surface area contributed by atoms with Gasteiger partial charge in [0.1, 0.15) is 5.75 Å². The number of aromatic nitrogens is 2. The van der Waals surface area contributed by atoms with Gasteiger partial charge in [-0.05, 0) is 55.2 Å². The maximum atomic E-state index is 12.1. The van der Waals surface area contributed by atoms with Crippen LogP contribution in [0, 0.1) is 0 Å². The number of nitrogens with zero attached hydrogens (tertiary/aromatic N) is 2. The number of nitrogen functional groups attached to an aromatic ring is 1. The molecule has 1 amide bonds. The van der Waals surface area contributed by atoms with Crippen LogP contribution >= 0.6 is 12.4 Å². The largest absolute Gasteiger partial charge is 0.485 e. The smallest absolute Gasteiger partial charge is 0.229 e. The Morgan fingerprint density at radius 2 is 1.93 bits per heavy atom. The number of halogens is 1. The third kappa shape index (κ3) is 5.71. The molecule has 1 saturated carbocycles. The summed E-state index contributed by atoms with van der Waals surface area (Å²) in [4.78, 5) is 16.5. The van der Waals surface area contributed by atoms with Crippen molar-refractivity contribution in [3.05, 3.63) is 65.8 Å². The van der Waals surface area contributed by atoms with Gasteiger partial charge in [0.15, 0.2) is 6.61 Å². The lowest BCUT2D eigenvalue weighted by Crippen LogP contribution is -2.12. The molecule has 0 radical (unpaired) electrons. The molecule has 1 aliphatic carbocycles. The van der Waals surface area contributed by atoms with Crippen molar-refractivity contribution < 1.29 is 14.1 Å².